The summed E-state index contributed by atoms with van der Waals surface area (Å²) >= 11 is 0. The fraction of sp³-hybridized carbons (Fsp3) is 0.269. The molecular weight excluding hydrogens is 432 g/mol. The summed E-state index contributed by atoms with van der Waals surface area (Å²) in [4.78, 5) is 27.7. The molecule has 0 radical (unpaired) electrons. The van der Waals surface area contributed by atoms with Gasteiger partial charge in [0.25, 0.3) is 11.6 Å². The Labute approximate surface area is 198 Å². The number of hydrogen-bond donors (Lipinski definition) is 1. The van der Waals surface area contributed by atoms with Crippen molar-refractivity contribution in [3.63, 3.8) is 0 Å². The predicted molar refractivity (Wildman–Crippen MR) is 132 cm³/mol. The van der Waals surface area contributed by atoms with E-state index >= 15 is 0 Å². The van der Waals surface area contributed by atoms with Crippen molar-refractivity contribution in [1.82, 2.24) is 4.90 Å². The van der Waals surface area contributed by atoms with Crippen molar-refractivity contribution in [3.8, 4) is 5.75 Å². The lowest BCUT2D eigenvalue weighted by molar-refractivity contribution is -0.385. The summed E-state index contributed by atoms with van der Waals surface area (Å²) in [5.74, 6) is -0.000660. The number of piperazine rings is 1. The monoisotopic (exact) mass is 460 g/mol. The van der Waals surface area contributed by atoms with E-state index in [9.17, 15) is 14.9 Å². The van der Waals surface area contributed by atoms with Gasteiger partial charge in [0.2, 0.25) is 0 Å². The highest BCUT2D eigenvalue weighted by molar-refractivity contribution is 5.92. The van der Waals surface area contributed by atoms with Gasteiger partial charge in [0.15, 0.2) is 6.61 Å². The van der Waals surface area contributed by atoms with E-state index < -0.39 is 4.92 Å². The zero-order valence-electron chi connectivity index (χ0n) is 19.1. The van der Waals surface area contributed by atoms with Crippen LogP contribution in [0.1, 0.15) is 11.1 Å². The number of ether oxygens (including phenoxy) is 1. The Hall–Kier alpha value is -3.91. The van der Waals surface area contributed by atoms with E-state index in [1.807, 2.05) is 30.3 Å². The Morgan fingerprint density at radius 3 is 2.35 bits per heavy atom. The predicted octanol–water partition coefficient (Wildman–Crippen LogP) is 4.24. The van der Waals surface area contributed by atoms with E-state index in [-0.39, 0.29) is 18.2 Å². The lowest BCUT2D eigenvalue weighted by Crippen LogP contribution is -2.45. The van der Waals surface area contributed by atoms with E-state index in [2.05, 4.69) is 39.4 Å². The molecule has 1 amide bonds. The van der Waals surface area contributed by atoms with Gasteiger partial charge in [-0.05, 0) is 42.8 Å². The number of hydrogen-bond acceptors (Lipinski definition) is 6. The fourth-order valence-electron chi connectivity index (χ4n) is 4.06. The Kier molecular flexibility index (Phi) is 7.39. The summed E-state index contributed by atoms with van der Waals surface area (Å²) in [5, 5.41) is 13.9. The zero-order chi connectivity index (χ0) is 23.9. The minimum absolute atomic E-state index is 0.0330. The van der Waals surface area contributed by atoms with Gasteiger partial charge in [-0.1, -0.05) is 36.4 Å². The summed E-state index contributed by atoms with van der Waals surface area (Å²) in [7, 11) is 0. The van der Waals surface area contributed by atoms with Crippen molar-refractivity contribution in [2.24, 2.45) is 0 Å². The molecule has 34 heavy (non-hydrogen) atoms. The second kappa shape index (κ2) is 10.8. The van der Waals surface area contributed by atoms with Crippen LogP contribution in [0.5, 0.6) is 5.75 Å². The third-order valence-corrected chi connectivity index (χ3v) is 5.95. The van der Waals surface area contributed by atoms with Crippen molar-refractivity contribution >= 4 is 23.0 Å². The van der Waals surface area contributed by atoms with E-state index in [0.29, 0.717) is 17.0 Å². The number of carbonyl (C=O) groups excluding carboxylic acids is 1. The molecule has 4 rings (SSSR count). The second-order valence-electron chi connectivity index (χ2n) is 8.29. The van der Waals surface area contributed by atoms with Crippen LogP contribution in [-0.2, 0) is 11.3 Å². The van der Waals surface area contributed by atoms with Gasteiger partial charge in [-0.25, -0.2) is 0 Å². The molecule has 1 heterocycles. The van der Waals surface area contributed by atoms with Gasteiger partial charge in [0, 0.05) is 50.2 Å². The van der Waals surface area contributed by atoms with Gasteiger partial charge in [0.05, 0.1) is 10.5 Å². The van der Waals surface area contributed by atoms with Crippen LogP contribution in [-0.4, -0.2) is 48.5 Å². The normalized spacial score (nSPS) is 14.0. The summed E-state index contributed by atoms with van der Waals surface area (Å²) in [6, 6.07) is 22.9. The highest BCUT2D eigenvalue weighted by Gasteiger charge is 2.18. The van der Waals surface area contributed by atoms with Crippen molar-refractivity contribution in [2.45, 2.75) is 13.5 Å². The van der Waals surface area contributed by atoms with E-state index in [0.717, 1.165) is 38.4 Å². The lowest BCUT2D eigenvalue weighted by atomic mass is 10.2. The van der Waals surface area contributed by atoms with Crippen LogP contribution in [0.25, 0.3) is 0 Å². The van der Waals surface area contributed by atoms with E-state index in [1.54, 1.807) is 19.1 Å². The molecule has 1 aliphatic rings. The topological polar surface area (TPSA) is 88.0 Å². The van der Waals surface area contributed by atoms with Crippen molar-refractivity contribution in [3.05, 3.63) is 94.0 Å². The second-order valence-corrected chi connectivity index (χ2v) is 8.29. The first-order valence-electron chi connectivity index (χ1n) is 11.3. The zero-order valence-corrected chi connectivity index (χ0v) is 19.1. The average molecular weight is 461 g/mol. The molecular formula is C26H28N4O4. The molecule has 1 N–H and O–H groups in total. The highest BCUT2D eigenvalue weighted by atomic mass is 16.6. The molecule has 1 aliphatic heterocycles. The van der Waals surface area contributed by atoms with Crippen molar-refractivity contribution in [1.29, 1.82) is 0 Å². The average Bonchev–Trinajstić information content (AvgIpc) is 2.85. The number of nitro groups is 1. The third kappa shape index (κ3) is 5.90. The Morgan fingerprint density at radius 2 is 1.68 bits per heavy atom. The van der Waals surface area contributed by atoms with E-state index in [1.165, 1.54) is 11.6 Å². The molecule has 1 fully saturated rings. The maximum absolute atomic E-state index is 12.3. The molecule has 3 aromatic rings. The van der Waals surface area contributed by atoms with Crippen molar-refractivity contribution in [2.75, 3.05) is 43.0 Å². The molecule has 176 valence electrons. The highest BCUT2D eigenvalue weighted by Crippen LogP contribution is 2.27. The van der Waals surface area contributed by atoms with Crippen LogP contribution in [0.4, 0.5) is 17.1 Å². The Morgan fingerprint density at radius 1 is 0.971 bits per heavy atom. The van der Waals surface area contributed by atoms with Crippen LogP contribution in [0, 0.1) is 17.0 Å². The summed E-state index contributed by atoms with van der Waals surface area (Å²) in [5.41, 5.74) is 3.50. The SMILES string of the molecule is Cc1c(OCC(=O)Nc2ccc(N3CCN(Cc4ccccc4)CC3)cc2)cccc1[N+](=O)[O-]. The minimum atomic E-state index is -0.465. The molecule has 0 aromatic heterocycles. The number of amides is 1. The molecule has 0 aliphatic carbocycles. The number of nitro benzene ring substituents is 1. The largest absolute Gasteiger partial charge is 0.483 e. The number of carbonyl (C=O) groups is 1. The first kappa shape index (κ1) is 23.3. The molecule has 8 nitrogen and oxygen atoms in total. The number of benzene rings is 3. The van der Waals surface area contributed by atoms with Crippen molar-refractivity contribution < 1.29 is 14.5 Å². The smallest absolute Gasteiger partial charge is 0.276 e. The molecule has 0 atom stereocenters. The van der Waals surface area contributed by atoms with Gasteiger partial charge >= 0.3 is 0 Å². The number of nitrogens with zero attached hydrogens (tertiary/aromatic N) is 3. The summed E-state index contributed by atoms with van der Waals surface area (Å²) < 4.78 is 5.50. The maximum Gasteiger partial charge on any atom is 0.276 e. The quantitative estimate of drug-likeness (QED) is 0.400. The first-order chi connectivity index (χ1) is 16.5. The van der Waals surface area contributed by atoms with Gasteiger partial charge in [-0.3, -0.25) is 19.8 Å². The fourth-order valence-corrected chi connectivity index (χ4v) is 4.06. The van der Waals surface area contributed by atoms with Crippen LogP contribution in [0.2, 0.25) is 0 Å². The van der Waals surface area contributed by atoms with Gasteiger partial charge < -0.3 is 15.0 Å². The number of rotatable bonds is 8. The van der Waals surface area contributed by atoms with Crippen LogP contribution in [0.15, 0.2) is 72.8 Å². The number of anilines is 2. The molecule has 3 aromatic carbocycles. The van der Waals surface area contributed by atoms with Crippen LogP contribution < -0.4 is 15.0 Å². The Balaban J connectivity index is 1.25. The lowest BCUT2D eigenvalue weighted by Gasteiger charge is -2.36. The Bertz CT molecular complexity index is 1130. The molecule has 1 saturated heterocycles. The molecule has 8 heteroatoms. The summed E-state index contributed by atoms with van der Waals surface area (Å²) in [6.45, 7) is 6.25. The summed E-state index contributed by atoms with van der Waals surface area (Å²) in [6.07, 6.45) is 0. The van der Waals surface area contributed by atoms with Gasteiger partial charge in [-0.2, -0.15) is 0 Å². The third-order valence-electron chi connectivity index (χ3n) is 5.95. The molecule has 0 saturated carbocycles. The molecule has 0 spiro atoms. The molecule has 0 bridgehead atoms. The van der Waals surface area contributed by atoms with Gasteiger partial charge in [0.1, 0.15) is 5.75 Å². The standard InChI is InChI=1S/C26H28N4O4/c1-20-24(30(32)33)8-5-9-25(20)34-19-26(31)27-22-10-12-23(13-11-22)29-16-14-28(15-17-29)18-21-6-3-2-4-7-21/h2-13H,14-19H2,1H3,(H,27,31). The van der Waals surface area contributed by atoms with E-state index in [4.69, 9.17) is 4.74 Å². The van der Waals surface area contributed by atoms with Crippen LogP contribution >= 0.6 is 0 Å². The van der Waals surface area contributed by atoms with Gasteiger partial charge in [-0.15, -0.1) is 0 Å². The minimum Gasteiger partial charge on any atom is -0.483 e. The van der Waals surface area contributed by atoms with Crippen LogP contribution in [0.3, 0.4) is 0 Å². The maximum atomic E-state index is 12.3. The first-order valence-corrected chi connectivity index (χ1v) is 11.3. The molecule has 0 unspecified atom stereocenters. The number of nitrogens with one attached hydrogen (secondary N) is 1.